The van der Waals surface area contributed by atoms with Crippen LogP contribution in [0.4, 0.5) is 11.4 Å². The predicted octanol–water partition coefficient (Wildman–Crippen LogP) is 1.34. The summed E-state index contributed by atoms with van der Waals surface area (Å²) < 4.78 is 26.2. The maximum absolute atomic E-state index is 12.0. The second-order valence-electron chi connectivity index (χ2n) is 4.82. The van der Waals surface area contributed by atoms with Crippen LogP contribution in [0.3, 0.4) is 0 Å². The van der Waals surface area contributed by atoms with Crippen LogP contribution in [0, 0.1) is 0 Å². The summed E-state index contributed by atoms with van der Waals surface area (Å²) in [6.07, 6.45) is 4.42. The molecule has 9 heteroatoms. The number of carbonyl (C=O) groups is 1. The molecule has 0 spiro atoms. The van der Waals surface area contributed by atoms with Crippen LogP contribution >= 0.6 is 11.6 Å². The smallest absolute Gasteiger partial charge is 0.290 e. The average molecular weight is 357 g/mol. The highest BCUT2D eigenvalue weighted by molar-refractivity contribution is 7.92. The van der Waals surface area contributed by atoms with Gasteiger partial charge in [-0.3, -0.25) is 9.52 Å². The van der Waals surface area contributed by atoms with E-state index in [-0.39, 0.29) is 34.6 Å². The van der Waals surface area contributed by atoms with Gasteiger partial charge < -0.3 is 10.4 Å². The molecule has 7 nitrogen and oxygen atoms in total. The summed E-state index contributed by atoms with van der Waals surface area (Å²) in [6.45, 7) is 0.0707. The highest BCUT2D eigenvalue weighted by atomic mass is 35.5. The first-order chi connectivity index (χ1) is 10.7. The number of aromatic hydroxyl groups is 1. The maximum atomic E-state index is 12.0. The number of rotatable bonds is 5. The minimum Gasteiger partial charge on any atom is -0.506 e. The molecule has 0 fully saturated rings. The summed E-state index contributed by atoms with van der Waals surface area (Å²) in [5.41, 5.74) is 0.123. The van der Waals surface area contributed by atoms with Crippen molar-refractivity contribution >= 4 is 38.9 Å². The van der Waals surface area contributed by atoms with Gasteiger partial charge in [-0.2, -0.15) is 4.57 Å². The Balaban J connectivity index is 2.14. The van der Waals surface area contributed by atoms with Gasteiger partial charge in [0.05, 0.1) is 22.7 Å². The van der Waals surface area contributed by atoms with E-state index >= 15 is 0 Å². The summed E-state index contributed by atoms with van der Waals surface area (Å²) in [5.74, 6) is -0.686. The zero-order valence-corrected chi connectivity index (χ0v) is 13.7. The fraction of sp³-hybridized carbons (Fsp3) is 0.143. The average Bonchev–Trinajstić information content (AvgIpc) is 2.44. The van der Waals surface area contributed by atoms with Crippen molar-refractivity contribution < 1.29 is 22.9 Å². The van der Waals surface area contributed by atoms with Crippen molar-refractivity contribution in [3.05, 3.63) is 47.7 Å². The first kappa shape index (κ1) is 17.0. The SMILES string of the molecule is CS(=O)(=O)Nc1cc(Cl)c(NC(=O)C[n+]2ccccc2)cc1O. The molecule has 0 saturated heterocycles. The number of hydrogen-bond donors (Lipinski definition) is 3. The Morgan fingerprint density at radius 2 is 1.87 bits per heavy atom. The third-order valence-electron chi connectivity index (χ3n) is 2.76. The normalized spacial score (nSPS) is 11.0. The number of amides is 1. The maximum Gasteiger partial charge on any atom is 0.290 e. The first-order valence-electron chi connectivity index (χ1n) is 6.49. The fourth-order valence-electron chi connectivity index (χ4n) is 1.83. The van der Waals surface area contributed by atoms with Crippen LogP contribution in [0.15, 0.2) is 42.7 Å². The van der Waals surface area contributed by atoms with E-state index in [9.17, 15) is 18.3 Å². The number of carbonyl (C=O) groups excluding carboxylic acids is 1. The number of phenolic OH excluding ortho intramolecular Hbond substituents is 1. The summed E-state index contributed by atoms with van der Waals surface area (Å²) in [5, 5.41) is 12.5. The van der Waals surface area contributed by atoms with Gasteiger partial charge in [0, 0.05) is 18.2 Å². The van der Waals surface area contributed by atoms with Gasteiger partial charge in [0.2, 0.25) is 16.6 Å². The molecule has 0 aliphatic rings. The lowest BCUT2D eigenvalue weighted by atomic mass is 10.2. The van der Waals surface area contributed by atoms with Crippen molar-refractivity contribution in [2.45, 2.75) is 6.54 Å². The second kappa shape index (κ2) is 6.84. The van der Waals surface area contributed by atoms with Crippen molar-refractivity contribution in [1.82, 2.24) is 0 Å². The lowest BCUT2D eigenvalue weighted by Gasteiger charge is -2.11. The van der Waals surface area contributed by atoms with Gasteiger partial charge in [0.15, 0.2) is 12.4 Å². The van der Waals surface area contributed by atoms with Crippen molar-refractivity contribution in [3.8, 4) is 5.75 Å². The van der Waals surface area contributed by atoms with Gasteiger partial charge in [0.25, 0.3) is 5.91 Å². The molecular formula is C14H15ClN3O4S+. The van der Waals surface area contributed by atoms with Crippen LogP contribution in [0.25, 0.3) is 0 Å². The van der Waals surface area contributed by atoms with Crippen LogP contribution in [0.5, 0.6) is 5.75 Å². The van der Waals surface area contributed by atoms with Gasteiger partial charge in [-0.05, 0) is 6.07 Å². The number of sulfonamides is 1. The summed E-state index contributed by atoms with van der Waals surface area (Å²) in [4.78, 5) is 12.0. The number of aromatic nitrogens is 1. The van der Waals surface area contributed by atoms with Crippen molar-refractivity contribution in [3.63, 3.8) is 0 Å². The molecule has 2 rings (SSSR count). The zero-order chi connectivity index (χ0) is 17.0. The van der Waals surface area contributed by atoms with E-state index < -0.39 is 10.0 Å². The Labute approximate surface area is 138 Å². The molecule has 0 unspecified atom stereocenters. The van der Waals surface area contributed by atoms with Gasteiger partial charge in [-0.1, -0.05) is 17.7 Å². The number of phenols is 1. The molecule has 0 aliphatic carbocycles. The van der Waals surface area contributed by atoms with Crippen LogP contribution in [0.1, 0.15) is 0 Å². The number of hydrogen-bond acceptors (Lipinski definition) is 4. The molecule has 0 saturated carbocycles. The Morgan fingerprint density at radius 3 is 2.48 bits per heavy atom. The molecule has 23 heavy (non-hydrogen) atoms. The Morgan fingerprint density at radius 1 is 1.22 bits per heavy atom. The largest absolute Gasteiger partial charge is 0.506 e. The fourth-order valence-corrected chi connectivity index (χ4v) is 2.61. The van der Waals surface area contributed by atoms with E-state index in [1.54, 1.807) is 29.1 Å². The van der Waals surface area contributed by atoms with Crippen molar-refractivity contribution in [2.75, 3.05) is 16.3 Å². The highest BCUT2D eigenvalue weighted by Crippen LogP contribution is 2.34. The summed E-state index contributed by atoms with van der Waals surface area (Å²) in [7, 11) is -3.55. The van der Waals surface area contributed by atoms with E-state index in [0.29, 0.717) is 0 Å². The van der Waals surface area contributed by atoms with Gasteiger partial charge in [-0.25, -0.2) is 8.42 Å². The molecule has 1 aromatic carbocycles. The predicted molar refractivity (Wildman–Crippen MR) is 86.9 cm³/mol. The van der Waals surface area contributed by atoms with E-state index in [0.717, 1.165) is 6.26 Å². The molecule has 3 N–H and O–H groups in total. The van der Waals surface area contributed by atoms with E-state index in [1.165, 1.54) is 12.1 Å². The first-order valence-corrected chi connectivity index (χ1v) is 8.76. The number of benzene rings is 1. The molecule has 122 valence electrons. The third kappa shape index (κ3) is 5.11. The molecule has 1 heterocycles. The Kier molecular flexibility index (Phi) is 5.07. The minimum atomic E-state index is -3.55. The molecule has 1 amide bonds. The quantitative estimate of drug-likeness (QED) is 0.556. The number of nitrogens with one attached hydrogen (secondary N) is 2. The lowest BCUT2D eigenvalue weighted by molar-refractivity contribution is -0.684. The molecular weight excluding hydrogens is 342 g/mol. The van der Waals surface area contributed by atoms with Crippen molar-refractivity contribution in [1.29, 1.82) is 0 Å². The van der Waals surface area contributed by atoms with Crippen LogP contribution in [-0.2, 0) is 21.4 Å². The molecule has 0 atom stereocenters. The zero-order valence-electron chi connectivity index (χ0n) is 12.2. The number of nitrogens with zero attached hydrogens (tertiary/aromatic N) is 1. The van der Waals surface area contributed by atoms with Crippen LogP contribution < -0.4 is 14.6 Å². The van der Waals surface area contributed by atoms with E-state index in [1.807, 2.05) is 6.07 Å². The van der Waals surface area contributed by atoms with E-state index in [4.69, 9.17) is 11.6 Å². The van der Waals surface area contributed by atoms with Crippen molar-refractivity contribution in [2.24, 2.45) is 0 Å². The number of halogens is 1. The van der Waals surface area contributed by atoms with Crippen LogP contribution in [0.2, 0.25) is 5.02 Å². The van der Waals surface area contributed by atoms with Crippen LogP contribution in [-0.4, -0.2) is 25.7 Å². The lowest BCUT2D eigenvalue weighted by Crippen LogP contribution is -2.39. The standard InChI is InChI=1S/C14H14ClN3O4S/c1-23(21,22)17-12-7-10(15)11(8-13(12)19)16-14(20)9-18-5-3-2-4-6-18/h2-8,17H,9H2,1H3,(H-,16,19,20)/p+1. The number of anilines is 2. The molecule has 0 bridgehead atoms. The molecule has 0 radical (unpaired) electrons. The number of pyridine rings is 1. The summed E-state index contributed by atoms with van der Waals surface area (Å²) >= 11 is 6.01. The molecule has 0 aliphatic heterocycles. The molecule has 1 aromatic heterocycles. The topological polar surface area (TPSA) is 99.4 Å². The molecule has 2 aromatic rings. The summed E-state index contributed by atoms with van der Waals surface area (Å²) in [6, 6.07) is 7.82. The monoisotopic (exact) mass is 356 g/mol. The third-order valence-corrected chi connectivity index (χ3v) is 3.66. The Hall–Kier alpha value is -2.32. The minimum absolute atomic E-state index is 0.0621. The van der Waals surface area contributed by atoms with Gasteiger partial charge in [0.1, 0.15) is 5.75 Å². The Bertz CT molecular complexity index is 825. The van der Waals surface area contributed by atoms with Gasteiger partial charge in [-0.15, -0.1) is 0 Å². The highest BCUT2D eigenvalue weighted by Gasteiger charge is 2.15. The van der Waals surface area contributed by atoms with E-state index in [2.05, 4.69) is 10.0 Å². The van der Waals surface area contributed by atoms with Gasteiger partial charge >= 0.3 is 0 Å². The second-order valence-corrected chi connectivity index (χ2v) is 6.98.